The summed E-state index contributed by atoms with van der Waals surface area (Å²) in [5.41, 5.74) is 12.7. The van der Waals surface area contributed by atoms with Crippen LogP contribution in [0.2, 0.25) is 0 Å². The molecule has 67 heavy (non-hydrogen) atoms. The molecule has 7 nitrogen and oxygen atoms in total. The van der Waals surface area contributed by atoms with Crippen molar-refractivity contribution in [2.75, 3.05) is 9.80 Å². The largest absolute Gasteiger partial charge is 0.310 e. The summed E-state index contributed by atoms with van der Waals surface area (Å²) >= 11 is 0. The number of nitriles is 2. The van der Waals surface area contributed by atoms with Crippen LogP contribution in [0, 0.1) is 22.7 Å². The maximum Gasteiger partial charge on any atom is 0.160 e. The van der Waals surface area contributed by atoms with Gasteiger partial charge in [0, 0.05) is 61.6 Å². The Kier molecular flexibility index (Phi) is 10.5. The molecule has 0 N–H and O–H groups in total. The molecule has 0 bridgehead atoms. The minimum Gasteiger partial charge on any atom is -0.310 e. The monoisotopic (exact) mass is 857 g/mol. The Hall–Kier alpha value is -9.56. The average molecular weight is 858 g/mol. The van der Waals surface area contributed by atoms with E-state index in [1.165, 1.54) is 0 Å². The van der Waals surface area contributed by atoms with Gasteiger partial charge in [0.05, 0.1) is 45.3 Å². The van der Waals surface area contributed by atoms with Crippen molar-refractivity contribution >= 4 is 55.9 Å². The molecular weight excluding hydrogens is 819 g/mol. The summed E-state index contributed by atoms with van der Waals surface area (Å²) in [6.45, 7) is 0. The lowest BCUT2D eigenvalue weighted by molar-refractivity contribution is 1.15. The maximum atomic E-state index is 11.1. The number of benzene rings is 9. The van der Waals surface area contributed by atoms with Crippen LogP contribution in [0.5, 0.6) is 0 Å². The van der Waals surface area contributed by atoms with Gasteiger partial charge < -0.3 is 14.4 Å². The molecular formula is C60H39N7. The molecule has 7 heteroatoms. The molecule has 0 unspecified atom stereocenters. The lowest BCUT2D eigenvalue weighted by atomic mass is 9.98. The third-order valence-electron chi connectivity index (χ3n) is 12.0. The fraction of sp³-hybridized carbons (Fsp3) is 0. The van der Waals surface area contributed by atoms with Gasteiger partial charge in [0.15, 0.2) is 5.82 Å². The highest BCUT2D eigenvalue weighted by Crippen LogP contribution is 2.44. The lowest BCUT2D eigenvalue weighted by Crippen LogP contribution is -2.09. The summed E-state index contributed by atoms with van der Waals surface area (Å²) in [5, 5.41) is 24.1. The van der Waals surface area contributed by atoms with Crippen molar-refractivity contribution in [3.8, 4) is 51.7 Å². The molecule has 0 aliphatic carbocycles. The summed E-state index contributed by atoms with van der Waals surface area (Å²) in [4.78, 5) is 14.5. The fourth-order valence-electron chi connectivity index (χ4n) is 8.97. The van der Waals surface area contributed by atoms with E-state index in [1.807, 2.05) is 97.1 Å². The number of hydrogen-bond acceptors (Lipinski definition) is 6. The standard InChI is InChI=1S/C60H39N7/c61-40-44-36-59(45(41-62)35-52(44)56-39-55(42-19-7-1-8-20-42)63-60(64-56)43-21-9-2-10-22-43)67-57-33-31-50(65(46-23-11-3-12-24-46)47-25-13-4-14-26-47)37-53(57)54-38-51(32-34-58(54)67)66(48-27-15-5-16-28-48)49-29-17-6-18-30-49/h1-39H. The van der Waals surface area contributed by atoms with Crippen molar-refractivity contribution in [3.05, 3.63) is 248 Å². The molecule has 11 aromatic rings. The molecule has 11 rings (SSSR count). The van der Waals surface area contributed by atoms with Gasteiger partial charge in [0.25, 0.3) is 0 Å². The Labute approximate surface area is 388 Å². The topological polar surface area (TPSA) is 84.8 Å². The van der Waals surface area contributed by atoms with E-state index in [-0.39, 0.29) is 0 Å². The smallest absolute Gasteiger partial charge is 0.160 e. The van der Waals surface area contributed by atoms with Crippen LogP contribution >= 0.6 is 0 Å². The van der Waals surface area contributed by atoms with Crippen LogP contribution in [0.25, 0.3) is 61.4 Å². The second kappa shape index (κ2) is 17.5. The minimum atomic E-state index is 0.382. The first-order chi connectivity index (χ1) is 33.1. The van der Waals surface area contributed by atoms with E-state index in [2.05, 4.69) is 160 Å². The third kappa shape index (κ3) is 7.59. The number of nitrogens with zero attached hydrogens (tertiary/aromatic N) is 7. The summed E-state index contributed by atoms with van der Waals surface area (Å²) in [7, 11) is 0. The summed E-state index contributed by atoms with van der Waals surface area (Å²) in [6.07, 6.45) is 0. The van der Waals surface area contributed by atoms with Crippen LogP contribution in [-0.4, -0.2) is 14.5 Å². The molecule has 0 saturated heterocycles. The minimum absolute atomic E-state index is 0.382. The van der Waals surface area contributed by atoms with Crippen molar-refractivity contribution in [2.24, 2.45) is 0 Å². The van der Waals surface area contributed by atoms with E-state index < -0.39 is 0 Å². The van der Waals surface area contributed by atoms with Gasteiger partial charge in [-0.1, -0.05) is 133 Å². The Balaban J connectivity index is 1.15. The molecule has 0 amide bonds. The highest BCUT2D eigenvalue weighted by molar-refractivity contribution is 6.12. The van der Waals surface area contributed by atoms with Gasteiger partial charge in [-0.25, -0.2) is 9.97 Å². The molecule has 2 heterocycles. The number of aromatic nitrogens is 3. The first-order valence-electron chi connectivity index (χ1n) is 22.0. The Bertz CT molecular complexity index is 3360. The average Bonchev–Trinajstić information content (AvgIpc) is 3.73. The summed E-state index contributed by atoms with van der Waals surface area (Å²) in [5.74, 6) is 0.525. The van der Waals surface area contributed by atoms with Crippen LogP contribution in [0.4, 0.5) is 34.1 Å². The highest BCUT2D eigenvalue weighted by atomic mass is 15.1. The van der Waals surface area contributed by atoms with Crippen molar-refractivity contribution in [1.82, 2.24) is 14.5 Å². The zero-order valence-corrected chi connectivity index (χ0v) is 36.1. The zero-order valence-electron chi connectivity index (χ0n) is 36.1. The van der Waals surface area contributed by atoms with E-state index in [4.69, 9.17) is 9.97 Å². The number of fused-ring (bicyclic) bond motifs is 3. The number of anilines is 6. The highest BCUT2D eigenvalue weighted by Gasteiger charge is 2.23. The van der Waals surface area contributed by atoms with Crippen LogP contribution in [0.15, 0.2) is 237 Å². The van der Waals surface area contributed by atoms with E-state index in [1.54, 1.807) is 6.07 Å². The van der Waals surface area contributed by atoms with Gasteiger partial charge >= 0.3 is 0 Å². The van der Waals surface area contributed by atoms with Gasteiger partial charge in [0.2, 0.25) is 0 Å². The van der Waals surface area contributed by atoms with Crippen LogP contribution in [-0.2, 0) is 0 Å². The molecule has 2 aromatic heterocycles. The van der Waals surface area contributed by atoms with Crippen LogP contribution < -0.4 is 9.80 Å². The fourth-order valence-corrected chi connectivity index (χ4v) is 8.97. The number of hydrogen-bond donors (Lipinski definition) is 0. The second-order valence-corrected chi connectivity index (χ2v) is 16.1. The van der Waals surface area contributed by atoms with Crippen LogP contribution in [0.1, 0.15) is 11.1 Å². The Morgan fingerprint density at radius 2 is 0.761 bits per heavy atom. The molecule has 0 saturated carbocycles. The molecule has 0 radical (unpaired) electrons. The molecule has 0 aliphatic heterocycles. The second-order valence-electron chi connectivity index (χ2n) is 16.1. The zero-order chi connectivity index (χ0) is 45.1. The number of rotatable bonds is 10. The summed E-state index contributed by atoms with van der Waals surface area (Å²) < 4.78 is 2.12. The molecule has 0 aliphatic rings. The van der Waals surface area contributed by atoms with E-state index in [9.17, 15) is 10.5 Å². The quantitative estimate of drug-likeness (QED) is 0.136. The molecule has 314 valence electrons. The normalized spacial score (nSPS) is 11.0. The van der Waals surface area contributed by atoms with Gasteiger partial charge in [-0.2, -0.15) is 10.5 Å². The predicted molar refractivity (Wildman–Crippen MR) is 271 cm³/mol. The Morgan fingerprint density at radius 1 is 0.358 bits per heavy atom. The van der Waals surface area contributed by atoms with Gasteiger partial charge in [-0.15, -0.1) is 0 Å². The van der Waals surface area contributed by atoms with Gasteiger partial charge in [-0.05, 0) is 103 Å². The van der Waals surface area contributed by atoms with Crippen molar-refractivity contribution in [2.45, 2.75) is 0 Å². The maximum absolute atomic E-state index is 11.1. The van der Waals surface area contributed by atoms with Crippen molar-refractivity contribution < 1.29 is 0 Å². The van der Waals surface area contributed by atoms with E-state index in [0.29, 0.717) is 39.6 Å². The molecule has 0 spiro atoms. The summed E-state index contributed by atoms with van der Waals surface area (Å²) in [6, 6.07) is 84.7. The predicted octanol–water partition coefficient (Wildman–Crippen LogP) is 15.3. The SMILES string of the molecule is N#Cc1cc(-n2c3ccc(N(c4ccccc4)c4ccccc4)cc3c3cc(N(c4ccccc4)c4ccccc4)ccc32)c(C#N)cc1-c1cc(-c2ccccc2)nc(-c2ccccc2)n1. The first-order valence-corrected chi connectivity index (χ1v) is 22.0. The van der Waals surface area contributed by atoms with Crippen molar-refractivity contribution in [3.63, 3.8) is 0 Å². The van der Waals surface area contributed by atoms with Crippen LogP contribution in [0.3, 0.4) is 0 Å². The number of para-hydroxylation sites is 4. The Morgan fingerprint density at radius 3 is 1.19 bits per heavy atom. The lowest BCUT2D eigenvalue weighted by Gasteiger charge is -2.26. The van der Waals surface area contributed by atoms with Gasteiger partial charge in [0.1, 0.15) is 6.07 Å². The molecule has 9 aromatic carbocycles. The van der Waals surface area contributed by atoms with E-state index >= 15 is 0 Å². The first kappa shape index (κ1) is 40.2. The molecule has 0 atom stereocenters. The third-order valence-corrected chi connectivity index (χ3v) is 12.0. The van der Waals surface area contributed by atoms with E-state index in [0.717, 1.165) is 67.1 Å². The molecule has 0 fully saturated rings. The van der Waals surface area contributed by atoms with Crippen molar-refractivity contribution in [1.29, 1.82) is 10.5 Å². The van der Waals surface area contributed by atoms with Gasteiger partial charge in [-0.3, -0.25) is 0 Å².